The highest BCUT2D eigenvalue weighted by Gasteiger charge is 2.15. The van der Waals surface area contributed by atoms with Crippen molar-refractivity contribution in [2.24, 2.45) is 0 Å². The highest BCUT2D eigenvalue weighted by Crippen LogP contribution is 2.07. The van der Waals surface area contributed by atoms with Crippen LogP contribution in [0.3, 0.4) is 0 Å². The Balaban J connectivity index is 2.52. The van der Waals surface area contributed by atoms with Crippen LogP contribution in [0.15, 0.2) is 12.3 Å². The highest BCUT2D eigenvalue weighted by atomic mass is 16.5. The van der Waals surface area contributed by atoms with Crippen molar-refractivity contribution in [3.8, 4) is 0 Å². The second kappa shape index (κ2) is 6.72. The lowest BCUT2D eigenvalue weighted by Gasteiger charge is -2.14. The molecule has 0 aliphatic rings. The normalized spacial score (nSPS) is 11.6. The minimum Gasteiger partial charge on any atom is -0.453 e. The van der Waals surface area contributed by atoms with Crippen molar-refractivity contribution in [2.45, 2.75) is 33.4 Å². The summed E-state index contributed by atoms with van der Waals surface area (Å²) in [6.45, 7) is 5.85. The zero-order valence-corrected chi connectivity index (χ0v) is 11.6. The van der Waals surface area contributed by atoms with Crippen molar-refractivity contribution >= 4 is 12.0 Å². The number of carbonyl (C=O) groups is 2. The van der Waals surface area contributed by atoms with Crippen LogP contribution in [0, 0.1) is 13.8 Å². The molecule has 0 fully saturated rings. The maximum Gasteiger partial charge on any atom is 0.407 e. The second-order valence-corrected chi connectivity index (χ2v) is 4.33. The van der Waals surface area contributed by atoms with Crippen LogP contribution in [0.25, 0.3) is 0 Å². The van der Waals surface area contributed by atoms with Crippen LogP contribution < -0.4 is 10.6 Å². The topological polar surface area (TPSA) is 80.3 Å². The maximum atomic E-state index is 11.7. The first-order chi connectivity index (χ1) is 8.93. The number of aromatic nitrogens is 1. The molecule has 2 amide bonds. The van der Waals surface area contributed by atoms with E-state index in [-0.39, 0.29) is 5.91 Å². The molecule has 104 valence electrons. The summed E-state index contributed by atoms with van der Waals surface area (Å²) in [4.78, 5) is 26.9. The van der Waals surface area contributed by atoms with E-state index in [1.54, 1.807) is 13.1 Å². The molecule has 0 radical (unpaired) electrons. The summed E-state index contributed by atoms with van der Waals surface area (Å²) in [6, 6.07) is 1.31. The summed E-state index contributed by atoms with van der Waals surface area (Å²) in [7, 11) is 1.25. The van der Waals surface area contributed by atoms with Gasteiger partial charge in [-0.05, 0) is 38.0 Å². The fraction of sp³-hybridized carbons (Fsp3) is 0.462. The molecule has 2 N–H and O–H groups in total. The summed E-state index contributed by atoms with van der Waals surface area (Å²) in [5.41, 5.74) is 2.96. The molecule has 0 aromatic carbocycles. The number of nitrogens with one attached hydrogen (secondary N) is 2. The van der Waals surface area contributed by atoms with Crippen LogP contribution in [-0.2, 0) is 16.1 Å². The Bertz CT molecular complexity index is 474. The number of aryl methyl sites for hydroxylation is 2. The first-order valence-electron chi connectivity index (χ1n) is 5.98. The van der Waals surface area contributed by atoms with E-state index in [9.17, 15) is 9.59 Å². The van der Waals surface area contributed by atoms with E-state index in [0.717, 1.165) is 16.8 Å². The lowest BCUT2D eigenvalue weighted by Crippen LogP contribution is -2.44. The van der Waals surface area contributed by atoms with Gasteiger partial charge < -0.3 is 15.4 Å². The molecule has 1 unspecified atom stereocenters. The lowest BCUT2D eigenvalue weighted by atomic mass is 10.1. The summed E-state index contributed by atoms with van der Waals surface area (Å²) >= 11 is 0. The van der Waals surface area contributed by atoms with Crippen molar-refractivity contribution in [1.29, 1.82) is 0 Å². The number of rotatable bonds is 4. The monoisotopic (exact) mass is 265 g/mol. The first-order valence-corrected chi connectivity index (χ1v) is 5.98. The van der Waals surface area contributed by atoms with Crippen LogP contribution in [0.1, 0.15) is 23.7 Å². The summed E-state index contributed by atoms with van der Waals surface area (Å²) in [5, 5.41) is 5.14. The van der Waals surface area contributed by atoms with Gasteiger partial charge in [0.2, 0.25) is 5.91 Å². The Hall–Kier alpha value is -2.11. The third-order valence-electron chi connectivity index (χ3n) is 2.72. The molecule has 1 aromatic rings. The van der Waals surface area contributed by atoms with Crippen molar-refractivity contribution in [3.63, 3.8) is 0 Å². The number of hydrogen-bond acceptors (Lipinski definition) is 4. The van der Waals surface area contributed by atoms with Gasteiger partial charge in [0.15, 0.2) is 0 Å². The number of methoxy groups -OCH3 is 1. The van der Waals surface area contributed by atoms with E-state index in [1.165, 1.54) is 7.11 Å². The van der Waals surface area contributed by atoms with Gasteiger partial charge in [-0.2, -0.15) is 0 Å². The number of ether oxygens (including phenoxy) is 1. The maximum absolute atomic E-state index is 11.7. The summed E-state index contributed by atoms with van der Waals surface area (Å²) in [6.07, 6.45) is 1.11. The van der Waals surface area contributed by atoms with E-state index in [2.05, 4.69) is 20.4 Å². The van der Waals surface area contributed by atoms with Gasteiger partial charge in [-0.25, -0.2) is 4.79 Å². The van der Waals surface area contributed by atoms with E-state index in [4.69, 9.17) is 0 Å². The van der Waals surface area contributed by atoms with Gasteiger partial charge in [-0.1, -0.05) is 0 Å². The Morgan fingerprint density at radius 3 is 2.68 bits per heavy atom. The zero-order valence-electron chi connectivity index (χ0n) is 11.6. The lowest BCUT2D eigenvalue weighted by molar-refractivity contribution is -0.122. The zero-order chi connectivity index (χ0) is 14.4. The molecule has 6 heteroatoms. The summed E-state index contributed by atoms with van der Waals surface area (Å²) < 4.78 is 4.43. The average molecular weight is 265 g/mol. The quantitative estimate of drug-likeness (QED) is 0.853. The second-order valence-electron chi connectivity index (χ2n) is 4.33. The predicted molar refractivity (Wildman–Crippen MR) is 70.6 cm³/mol. The van der Waals surface area contributed by atoms with Gasteiger partial charge in [0.05, 0.1) is 7.11 Å². The molecule has 0 spiro atoms. The molecule has 6 nitrogen and oxygen atoms in total. The van der Waals surface area contributed by atoms with E-state index in [1.807, 2.05) is 19.9 Å². The SMILES string of the molecule is COC(=O)NC(C)C(=O)NCc1cnc(C)cc1C. The summed E-state index contributed by atoms with van der Waals surface area (Å²) in [5.74, 6) is -0.273. The Morgan fingerprint density at radius 1 is 1.42 bits per heavy atom. The Kier molecular flexibility index (Phi) is 5.29. The van der Waals surface area contributed by atoms with E-state index < -0.39 is 12.1 Å². The molecule has 1 aromatic heterocycles. The van der Waals surface area contributed by atoms with Gasteiger partial charge in [0.1, 0.15) is 6.04 Å². The molecule has 1 atom stereocenters. The van der Waals surface area contributed by atoms with Crippen LogP contribution in [-0.4, -0.2) is 30.1 Å². The molecular weight excluding hydrogens is 246 g/mol. The number of pyridine rings is 1. The van der Waals surface area contributed by atoms with Crippen molar-refractivity contribution in [2.75, 3.05) is 7.11 Å². The molecule has 0 aliphatic heterocycles. The molecule has 1 heterocycles. The fourth-order valence-electron chi connectivity index (χ4n) is 1.55. The number of carbonyl (C=O) groups excluding carboxylic acids is 2. The van der Waals surface area contributed by atoms with Crippen molar-refractivity contribution < 1.29 is 14.3 Å². The minimum atomic E-state index is -0.647. The average Bonchev–Trinajstić information content (AvgIpc) is 2.37. The van der Waals surface area contributed by atoms with Crippen LogP contribution >= 0.6 is 0 Å². The number of alkyl carbamates (subject to hydrolysis) is 1. The van der Waals surface area contributed by atoms with Gasteiger partial charge in [-0.15, -0.1) is 0 Å². The predicted octanol–water partition coefficient (Wildman–Crippen LogP) is 1.06. The van der Waals surface area contributed by atoms with Gasteiger partial charge in [-0.3, -0.25) is 9.78 Å². The highest BCUT2D eigenvalue weighted by molar-refractivity contribution is 5.85. The van der Waals surface area contributed by atoms with Crippen LogP contribution in [0.4, 0.5) is 4.79 Å². The van der Waals surface area contributed by atoms with Gasteiger partial charge in [0.25, 0.3) is 0 Å². The van der Waals surface area contributed by atoms with E-state index in [0.29, 0.717) is 6.54 Å². The van der Waals surface area contributed by atoms with Gasteiger partial charge in [0, 0.05) is 18.4 Å². The van der Waals surface area contributed by atoms with E-state index >= 15 is 0 Å². The molecule has 0 saturated heterocycles. The Morgan fingerprint density at radius 2 is 2.11 bits per heavy atom. The smallest absolute Gasteiger partial charge is 0.407 e. The molecule has 0 aliphatic carbocycles. The molecule has 19 heavy (non-hydrogen) atoms. The fourth-order valence-corrected chi connectivity index (χ4v) is 1.55. The van der Waals surface area contributed by atoms with Crippen molar-refractivity contribution in [3.05, 3.63) is 29.1 Å². The minimum absolute atomic E-state index is 0.273. The third kappa shape index (κ3) is 4.57. The molecule has 0 saturated carbocycles. The first kappa shape index (κ1) is 14.9. The molecule has 1 rings (SSSR count). The number of hydrogen-bond donors (Lipinski definition) is 2. The van der Waals surface area contributed by atoms with Gasteiger partial charge >= 0.3 is 6.09 Å². The largest absolute Gasteiger partial charge is 0.453 e. The number of nitrogens with zero attached hydrogens (tertiary/aromatic N) is 1. The van der Waals surface area contributed by atoms with Crippen LogP contribution in [0.5, 0.6) is 0 Å². The Labute approximate surface area is 112 Å². The van der Waals surface area contributed by atoms with Crippen LogP contribution in [0.2, 0.25) is 0 Å². The standard InChI is InChI=1S/C13H19N3O3/c1-8-5-9(2)14-6-11(8)7-15-12(17)10(3)16-13(18)19-4/h5-6,10H,7H2,1-4H3,(H,15,17)(H,16,18). The third-order valence-corrected chi connectivity index (χ3v) is 2.72. The van der Waals surface area contributed by atoms with Crippen molar-refractivity contribution in [1.82, 2.24) is 15.6 Å². The molecular formula is C13H19N3O3. The number of amides is 2. The molecule has 0 bridgehead atoms.